The standard InChI is InChI=1S/C24H30N2O4S/c1-24(2,3)20(27)15-31-23-25-19-14-17(22(29)30-4)10-11-18(19)21(28)26(23)13-12-16-8-6-5-7-9-16/h8,10-11,14H,5-7,9,12-13,15H2,1-4H3. The molecular formula is C24H30N2O4S. The topological polar surface area (TPSA) is 78.3 Å². The summed E-state index contributed by atoms with van der Waals surface area (Å²) in [5.74, 6) is -0.146. The number of esters is 1. The fourth-order valence-corrected chi connectivity index (χ4v) is 4.67. The molecule has 2 aromatic rings. The summed E-state index contributed by atoms with van der Waals surface area (Å²) in [6, 6.07) is 4.79. The Morgan fingerprint density at radius 3 is 2.65 bits per heavy atom. The zero-order valence-electron chi connectivity index (χ0n) is 18.7. The highest BCUT2D eigenvalue weighted by atomic mass is 32.2. The van der Waals surface area contributed by atoms with E-state index >= 15 is 0 Å². The molecular weight excluding hydrogens is 412 g/mol. The minimum atomic E-state index is -0.478. The highest BCUT2D eigenvalue weighted by Crippen LogP contribution is 2.25. The molecule has 1 aromatic heterocycles. The van der Waals surface area contributed by atoms with E-state index in [9.17, 15) is 14.4 Å². The van der Waals surface area contributed by atoms with Crippen LogP contribution in [0.2, 0.25) is 0 Å². The van der Waals surface area contributed by atoms with Gasteiger partial charge in [-0.1, -0.05) is 44.2 Å². The predicted octanol–water partition coefficient (Wildman–Crippen LogP) is 4.78. The van der Waals surface area contributed by atoms with Gasteiger partial charge in [0.25, 0.3) is 5.56 Å². The lowest BCUT2D eigenvalue weighted by atomic mass is 9.92. The Labute approximate surface area is 187 Å². The number of benzene rings is 1. The molecule has 31 heavy (non-hydrogen) atoms. The molecule has 0 amide bonds. The highest BCUT2D eigenvalue weighted by molar-refractivity contribution is 7.99. The van der Waals surface area contributed by atoms with Crippen LogP contribution in [0.4, 0.5) is 0 Å². The van der Waals surface area contributed by atoms with Crippen LogP contribution in [-0.4, -0.2) is 34.2 Å². The first-order chi connectivity index (χ1) is 14.7. The Bertz CT molecular complexity index is 1080. The van der Waals surface area contributed by atoms with Gasteiger partial charge in [-0.3, -0.25) is 14.2 Å². The molecule has 0 N–H and O–H groups in total. The van der Waals surface area contributed by atoms with Crippen LogP contribution in [0.5, 0.6) is 0 Å². The fourth-order valence-electron chi connectivity index (χ4n) is 3.49. The van der Waals surface area contributed by atoms with Crippen molar-refractivity contribution in [1.82, 2.24) is 9.55 Å². The van der Waals surface area contributed by atoms with Crippen LogP contribution in [0.3, 0.4) is 0 Å². The number of carbonyl (C=O) groups is 2. The van der Waals surface area contributed by atoms with E-state index in [2.05, 4.69) is 11.1 Å². The Morgan fingerprint density at radius 1 is 1.23 bits per heavy atom. The Morgan fingerprint density at radius 2 is 2.00 bits per heavy atom. The SMILES string of the molecule is COC(=O)c1ccc2c(=O)n(CCC3=CCCCC3)c(SCC(=O)C(C)(C)C)nc2c1. The number of rotatable bonds is 7. The number of fused-ring (bicyclic) bond motifs is 1. The second kappa shape index (κ2) is 9.81. The third-order valence-electron chi connectivity index (χ3n) is 5.55. The lowest BCUT2D eigenvalue weighted by molar-refractivity contribution is -0.123. The quantitative estimate of drug-likeness (QED) is 0.266. The molecule has 0 aliphatic heterocycles. The van der Waals surface area contributed by atoms with Crippen LogP contribution in [0.1, 0.15) is 63.2 Å². The molecule has 0 spiro atoms. The summed E-state index contributed by atoms with van der Waals surface area (Å²) in [6.45, 7) is 6.18. The molecule has 0 radical (unpaired) electrons. The molecule has 7 heteroatoms. The van der Waals surface area contributed by atoms with Gasteiger partial charge in [0.2, 0.25) is 0 Å². The first kappa shape index (κ1) is 23.3. The first-order valence-electron chi connectivity index (χ1n) is 10.7. The number of ketones is 1. The van der Waals surface area contributed by atoms with E-state index in [-0.39, 0.29) is 17.1 Å². The molecule has 0 bridgehead atoms. The van der Waals surface area contributed by atoms with E-state index in [0.717, 1.165) is 19.3 Å². The average molecular weight is 443 g/mol. The highest BCUT2D eigenvalue weighted by Gasteiger charge is 2.23. The van der Waals surface area contributed by atoms with Crippen LogP contribution < -0.4 is 5.56 Å². The fraction of sp³-hybridized carbons (Fsp3) is 0.500. The molecule has 1 heterocycles. The Hall–Kier alpha value is -2.41. The van der Waals surface area contributed by atoms with Crippen molar-refractivity contribution in [2.24, 2.45) is 5.41 Å². The van der Waals surface area contributed by atoms with E-state index < -0.39 is 11.4 Å². The second-order valence-corrected chi connectivity index (χ2v) is 9.84. The molecule has 6 nitrogen and oxygen atoms in total. The first-order valence-corrected chi connectivity index (χ1v) is 11.7. The lowest BCUT2D eigenvalue weighted by Crippen LogP contribution is -2.26. The van der Waals surface area contributed by atoms with Gasteiger partial charge in [0.15, 0.2) is 5.16 Å². The van der Waals surface area contributed by atoms with Crippen molar-refractivity contribution in [1.29, 1.82) is 0 Å². The van der Waals surface area contributed by atoms with E-state index in [0.29, 0.717) is 28.2 Å². The molecule has 0 saturated carbocycles. The maximum Gasteiger partial charge on any atom is 0.337 e. The molecule has 0 atom stereocenters. The van der Waals surface area contributed by atoms with Crippen LogP contribution in [0.15, 0.2) is 39.8 Å². The van der Waals surface area contributed by atoms with Crippen molar-refractivity contribution >= 4 is 34.4 Å². The van der Waals surface area contributed by atoms with Gasteiger partial charge < -0.3 is 4.74 Å². The van der Waals surface area contributed by atoms with E-state index in [4.69, 9.17) is 4.74 Å². The molecule has 0 fully saturated rings. The molecule has 3 rings (SSSR count). The van der Waals surface area contributed by atoms with E-state index in [1.807, 2.05) is 20.8 Å². The number of aromatic nitrogens is 2. The smallest absolute Gasteiger partial charge is 0.337 e. The lowest BCUT2D eigenvalue weighted by Gasteiger charge is -2.18. The van der Waals surface area contributed by atoms with Crippen molar-refractivity contribution < 1.29 is 14.3 Å². The van der Waals surface area contributed by atoms with Gasteiger partial charge in [-0.15, -0.1) is 0 Å². The van der Waals surface area contributed by atoms with E-state index in [1.165, 1.54) is 37.3 Å². The largest absolute Gasteiger partial charge is 0.465 e. The number of thioether (sulfide) groups is 1. The van der Waals surface area contributed by atoms with Gasteiger partial charge in [-0.05, 0) is 50.3 Å². The van der Waals surface area contributed by atoms with Crippen LogP contribution in [-0.2, 0) is 16.1 Å². The number of allylic oxidation sites excluding steroid dienone is 2. The number of methoxy groups -OCH3 is 1. The number of ether oxygens (including phenoxy) is 1. The monoisotopic (exact) mass is 442 g/mol. The van der Waals surface area contributed by atoms with Crippen molar-refractivity contribution in [3.05, 3.63) is 45.8 Å². The molecule has 0 saturated heterocycles. The molecule has 0 unspecified atom stereocenters. The predicted molar refractivity (Wildman–Crippen MR) is 124 cm³/mol. The van der Waals surface area contributed by atoms with Gasteiger partial charge in [-0.2, -0.15) is 0 Å². The number of carbonyl (C=O) groups excluding carboxylic acids is 2. The van der Waals surface area contributed by atoms with E-state index in [1.54, 1.807) is 22.8 Å². The van der Waals surface area contributed by atoms with Gasteiger partial charge in [0, 0.05) is 12.0 Å². The summed E-state index contributed by atoms with van der Waals surface area (Å²) in [4.78, 5) is 42.4. The zero-order chi connectivity index (χ0) is 22.6. The number of nitrogens with zero attached hydrogens (tertiary/aromatic N) is 2. The summed E-state index contributed by atoms with van der Waals surface area (Å²) < 4.78 is 6.46. The summed E-state index contributed by atoms with van der Waals surface area (Å²) >= 11 is 1.28. The summed E-state index contributed by atoms with van der Waals surface area (Å²) in [5, 5.41) is 0.963. The maximum absolute atomic E-state index is 13.3. The van der Waals surface area contributed by atoms with Crippen molar-refractivity contribution in [3.63, 3.8) is 0 Å². The van der Waals surface area contributed by atoms with Gasteiger partial charge >= 0.3 is 5.97 Å². The minimum absolute atomic E-state index is 0.0942. The molecule has 166 valence electrons. The molecule has 1 aliphatic carbocycles. The third-order valence-corrected chi connectivity index (χ3v) is 6.53. The van der Waals surface area contributed by atoms with Crippen LogP contribution >= 0.6 is 11.8 Å². The average Bonchev–Trinajstić information content (AvgIpc) is 2.76. The zero-order valence-corrected chi connectivity index (χ0v) is 19.5. The molecule has 1 aromatic carbocycles. The summed E-state index contributed by atoms with van der Waals surface area (Å²) in [6.07, 6.45) is 7.66. The normalized spacial score (nSPS) is 14.4. The Balaban J connectivity index is 1.99. The summed E-state index contributed by atoms with van der Waals surface area (Å²) in [7, 11) is 1.32. The van der Waals surface area contributed by atoms with Crippen LogP contribution in [0, 0.1) is 5.41 Å². The number of hydrogen-bond donors (Lipinski definition) is 0. The third kappa shape index (κ3) is 5.64. The van der Waals surface area contributed by atoms with Crippen LogP contribution in [0.25, 0.3) is 10.9 Å². The van der Waals surface area contributed by atoms with Crippen molar-refractivity contribution in [2.75, 3.05) is 12.9 Å². The molecule has 1 aliphatic rings. The van der Waals surface area contributed by atoms with Gasteiger partial charge in [0.05, 0.1) is 29.3 Å². The number of hydrogen-bond acceptors (Lipinski definition) is 6. The second-order valence-electron chi connectivity index (χ2n) is 8.89. The maximum atomic E-state index is 13.3. The van der Waals surface area contributed by atoms with Gasteiger partial charge in [0.1, 0.15) is 5.78 Å². The van der Waals surface area contributed by atoms with Gasteiger partial charge in [-0.25, -0.2) is 9.78 Å². The minimum Gasteiger partial charge on any atom is -0.465 e. The van der Waals surface area contributed by atoms with Crippen molar-refractivity contribution in [2.45, 2.75) is 64.6 Å². The summed E-state index contributed by atoms with van der Waals surface area (Å²) in [5.41, 5.74) is 1.55. The van der Waals surface area contributed by atoms with Crippen molar-refractivity contribution in [3.8, 4) is 0 Å². The Kier molecular flexibility index (Phi) is 7.36. The number of Topliss-reactive ketones (excluding diaryl/α,β-unsaturated/α-hetero) is 1.